The van der Waals surface area contributed by atoms with Gasteiger partial charge in [-0.1, -0.05) is 41.4 Å². The van der Waals surface area contributed by atoms with Gasteiger partial charge in [-0.25, -0.2) is 4.98 Å². The molecule has 2 rings (SSSR count). The van der Waals surface area contributed by atoms with Crippen molar-refractivity contribution in [1.82, 2.24) is 4.98 Å². The van der Waals surface area contributed by atoms with Crippen LogP contribution in [0.25, 0.3) is 11.3 Å². The van der Waals surface area contributed by atoms with Crippen molar-refractivity contribution in [2.45, 2.75) is 6.92 Å². The van der Waals surface area contributed by atoms with Crippen LogP contribution in [0.2, 0.25) is 5.02 Å². The Balaban J connectivity index is 2.57. The first-order valence-corrected chi connectivity index (χ1v) is 5.43. The number of rotatable bonds is 1. The van der Waals surface area contributed by atoms with Crippen LogP contribution in [0.5, 0.6) is 0 Å². The Labute approximate surface area is 104 Å². The van der Waals surface area contributed by atoms with E-state index in [1.165, 1.54) is 0 Å². The highest BCUT2D eigenvalue weighted by molar-refractivity contribution is 6.33. The second-order valence-corrected chi connectivity index (χ2v) is 4.14. The zero-order valence-electron chi connectivity index (χ0n) is 9.24. The third-order valence-electron chi connectivity index (χ3n) is 2.45. The van der Waals surface area contributed by atoms with Crippen molar-refractivity contribution in [2.24, 2.45) is 0 Å². The van der Waals surface area contributed by atoms with Gasteiger partial charge >= 0.3 is 0 Å². The van der Waals surface area contributed by atoms with Crippen molar-refractivity contribution in [2.75, 3.05) is 5.73 Å². The molecule has 0 aliphatic rings. The Hall–Kier alpha value is -2.05. The second kappa shape index (κ2) is 4.44. The van der Waals surface area contributed by atoms with E-state index in [1.54, 1.807) is 6.07 Å². The van der Waals surface area contributed by atoms with Crippen molar-refractivity contribution in [1.29, 1.82) is 5.26 Å². The number of anilines is 1. The van der Waals surface area contributed by atoms with Gasteiger partial charge < -0.3 is 5.73 Å². The van der Waals surface area contributed by atoms with Gasteiger partial charge in [-0.15, -0.1) is 0 Å². The molecule has 0 saturated heterocycles. The van der Waals surface area contributed by atoms with Gasteiger partial charge in [0.05, 0.1) is 16.3 Å². The lowest BCUT2D eigenvalue weighted by Gasteiger charge is -2.06. The van der Waals surface area contributed by atoms with Crippen LogP contribution in [0.1, 0.15) is 11.1 Å². The number of benzene rings is 1. The number of aromatic nitrogens is 1. The molecule has 4 heteroatoms. The molecule has 2 N–H and O–H groups in total. The van der Waals surface area contributed by atoms with Crippen LogP contribution < -0.4 is 5.73 Å². The lowest BCUT2D eigenvalue weighted by atomic mass is 10.1. The number of pyridine rings is 1. The number of hydrogen-bond donors (Lipinski definition) is 1. The summed E-state index contributed by atoms with van der Waals surface area (Å²) in [5.41, 5.74) is 8.62. The highest BCUT2D eigenvalue weighted by Crippen LogP contribution is 2.28. The molecule has 0 unspecified atom stereocenters. The average Bonchev–Trinajstić information content (AvgIpc) is 2.33. The predicted molar refractivity (Wildman–Crippen MR) is 68.5 cm³/mol. The first-order chi connectivity index (χ1) is 8.11. The molecule has 0 radical (unpaired) electrons. The Bertz CT molecular complexity index is 597. The van der Waals surface area contributed by atoms with Gasteiger partial charge in [0.25, 0.3) is 0 Å². The molecule has 17 heavy (non-hydrogen) atoms. The monoisotopic (exact) mass is 243 g/mol. The molecular weight excluding hydrogens is 234 g/mol. The summed E-state index contributed by atoms with van der Waals surface area (Å²) in [4.78, 5) is 4.17. The molecular formula is C13H10ClN3. The molecule has 0 spiro atoms. The smallest absolute Gasteiger partial charge is 0.142 e. The first-order valence-electron chi connectivity index (χ1n) is 5.05. The number of nitrogens with two attached hydrogens (primary N) is 1. The zero-order valence-corrected chi connectivity index (χ0v) is 9.99. The van der Waals surface area contributed by atoms with Crippen LogP contribution in [-0.4, -0.2) is 4.98 Å². The largest absolute Gasteiger partial charge is 0.383 e. The van der Waals surface area contributed by atoms with Gasteiger partial charge in [0.1, 0.15) is 11.9 Å². The van der Waals surface area contributed by atoms with E-state index in [-0.39, 0.29) is 5.82 Å². The van der Waals surface area contributed by atoms with Crippen LogP contribution >= 0.6 is 11.6 Å². The number of halogens is 1. The molecule has 1 aromatic carbocycles. The fourth-order valence-corrected chi connectivity index (χ4v) is 1.77. The standard InChI is InChI=1S/C13H10ClN3/c1-8-2-4-9(5-3-8)12-11(14)6-10(7-15)13(16)17-12/h2-6H,1H3,(H2,16,17). The molecule has 1 aromatic heterocycles. The highest BCUT2D eigenvalue weighted by Gasteiger charge is 2.09. The summed E-state index contributed by atoms with van der Waals surface area (Å²) in [6.07, 6.45) is 0. The summed E-state index contributed by atoms with van der Waals surface area (Å²) < 4.78 is 0. The van der Waals surface area contributed by atoms with E-state index in [0.717, 1.165) is 11.1 Å². The summed E-state index contributed by atoms with van der Waals surface area (Å²) in [5, 5.41) is 9.24. The number of nitriles is 1. The number of hydrogen-bond acceptors (Lipinski definition) is 3. The van der Waals surface area contributed by atoms with E-state index in [4.69, 9.17) is 22.6 Å². The maximum atomic E-state index is 8.81. The summed E-state index contributed by atoms with van der Waals surface area (Å²) >= 11 is 6.09. The lowest BCUT2D eigenvalue weighted by Crippen LogP contribution is -1.97. The summed E-state index contributed by atoms with van der Waals surface area (Å²) in [7, 11) is 0. The van der Waals surface area contributed by atoms with Gasteiger partial charge in [-0.05, 0) is 13.0 Å². The zero-order chi connectivity index (χ0) is 12.4. The minimum atomic E-state index is 0.201. The SMILES string of the molecule is Cc1ccc(-c2nc(N)c(C#N)cc2Cl)cc1. The Kier molecular flexibility index (Phi) is 2.99. The fourth-order valence-electron chi connectivity index (χ4n) is 1.51. The Morgan fingerprint density at radius 2 is 1.94 bits per heavy atom. The number of nitrogens with zero attached hydrogens (tertiary/aromatic N) is 2. The van der Waals surface area contributed by atoms with Crippen molar-refractivity contribution in [3.8, 4) is 17.3 Å². The average molecular weight is 244 g/mol. The highest BCUT2D eigenvalue weighted by atomic mass is 35.5. The van der Waals surface area contributed by atoms with Gasteiger partial charge in [-0.3, -0.25) is 0 Å². The van der Waals surface area contributed by atoms with Gasteiger partial charge in [-0.2, -0.15) is 5.26 Å². The first kappa shape index (κ1) is 11.4. The van der Waals surface area contributed by atoms with Gasteiger partial charge in [0.15, 0.2) is 0 Å². The molecule has 0 aliphatic carbocycles. The maximum absolute atomic E-state index is 8.81. The van der Waals surface area contributed by atoms with Crippen molar-refractivity contribution in [3.63, 3.8) is 0 Å². The molecule has 84 valence electrons. The lowest BCUT2D eigenvalue weighted by molar-refractivity contribution is 1.30. The van der Waals surface area contributed by atoms with E-state index >= 15 is 0 Å². The quantitative estimate of drug-likeness (QED) is 0.837. The molecule has 1 heterocycles. The van der Waals surface area contributed by atoms with Gasteiger partial charge in [0.2, 0.25) is 0 Å². The molecule has 0 saturated carbocycles. The maximum Gasteiger partial charge on any atom is 0.142 e. The third-order valence-corrected chi connectivity index (χ3v) is 2.74. The molecule has 0 fully saturated rings. The van der Waals surface area contributed by atoms with E-state index in [0.29, 0.717) is 16.3 Å². The Morgan fingerprint density at radius 1 is 1.29 bits per heavy atom. The molecule has 0 bridgehead atoms. The van der Waals surface area contributed by atoms with Crippen molar-refractivity contribution < 1.29 is 0 Å². The van der Waals surface area contributed by atoms with Crippen LogP contribution in [-0.2, 0) is 0 Å². The summed E-state index contributed by atoms with van der Waals surface area (Å²) in [6.45, 7) is 2.01. The van der Waals surface area contributed by atoms with Crippen LogP contribution in [0, 0.1) is 18.3 Å². The minimum Gasteiger partial charge on any atom is -0.383 e. The third kappa shape index (κ3) is 2.22. The Morgan fingerprint density at radius 3 is 2.53 bits per heavy atom. The van der Waals surface area contributed by atoms with E-state index in [9.17, 15) is 0 Å². The van der Waals surface area contributed by atoms with Gasteiger partial charge in [0, 0.05) is 5.56 Å². The normalized spacial score (nSPS) is 9.94. The number of nitrogen functional groups attached to an aromatic ring is 1. The van der Waals surface area contributed by atoms with Crippen molar-refractivity contribution >= 4 is 17.4 Å². The fraction of sp³-hybridized carbons (Fsp3) is 0.0769. The van der Waals surface area contributed by atoms with E-state index in [1.807, 2.05) is 37.3 Å². The number of aryl methyl sites for hydroxylation is 1. The molecule has 2 aromatic rings. The second-order valence-electron chi connectivity index (χ2n) is 3.73. The molecule has 3 nitrogen and oxygen atoms in total. The summed E-state index contributed by atoms with van der Waals surface area (Å²) in [5.74, 6) is 0.201. The molecule has 0 atom stereocenters. The minimum absolute atomic E-state index is 0.201. The van der Waals surface area contributed by atoms with Crippen LogP contribution in [0.4, 0.5) is 5.82 Å². The van der Waals surface area contributed by atoms with E-state index in [2.05, 4.69) is 4.98 Å². The summed E-state index contributed by atoms with van der Waals surface area (Å²) in [6, 6.07) is 11.3. The topological polar surface area (TPSA) is 62.7 Å². The van der Waals surface area contributed by atoms with Crippen LogP contribution in [0.3, 0.4) is 0 Å². The van der Waals surface area contributed by atoms with Crippen molar-refractivity contribution in [3.05, 3.63) is 46.5 Å². The molecule has 0 aliphatic heterocycles. The van der Waals surface area contributed by atoms with Crippen LogP contribution in [0.15, 0.2) is 30.3 Å². The molecule has 0 amide bonds. The predicted octanol–water partition coefficient (Wildman–Crippen LogP) is 3.16. The van der Waals surface area contributed by atoms with E-state index < -0.39 is 0 Å².